The van der Waals surface area contributed by atoms with Crippen molar-refractivity contribution in [2.45, 2.75) is 36.1 Å². The first kappa shape index (κ1) is 31.2. The number of nitriles is 1. The van der Waals surface area contributed by atoms with Crippen molar-refractivity contribution in [2.24, 2.45) is 5.41 Å². The third-order valence-corrected chi connectivity index (χ3v) is 11.0. The molecule has 0 spiro atoms. The predicted molar refractivity (Wildman–Crippen MR) is 179 cm³/mol. The van der Waals surface area contributed by atoms with E-state index in [0.717, 1.165) is 23.5 Å². The Labute approximate surface area is 279 Å². The van der Waals surface area contributed by atoms with Crippen molar-refractivity contribution in [1.82, 2.24) is 9.80 Å². The second-order valence-electron chi connectivity index (χ2n) is 11.1. The van der Waals surface area contributed by atoms with E-state index >= 15 is 0 Å². The van der Waals surface area contributed by atoms with Gasteiger partial charge in [0.2, 0.25) is 15.6 Å². The third-order valence-electron chi connectivity index (χ3n) is 8.14. The molecule has 3 aliphatic heterocycles. The van der Waals surface area contributed by atoms with Crippen LogP contribution in [0.3, 0.4) is 0 Å². The lowest BCUT2D eigenvalue weighted by Gasteiger charge is -2.52. The van der Waals surface area contributed by atoms with Gasteiger partial charge in [0.15, 0.2) is 21.2 Å². The summed E-state index contributed by atoms with van der Waals surface area (Å²) in [6, 6.07) is 24.7. The SMILES string of the molecule is CN1C(=O)C2(SC(=S)Oc3ccccc3)C[C@](C)(C#N)[C@H](c3ccc4c(c3)OCO4)N2C(=O)[C@]1(C)SC(=S)Oc1ccccc1. The van der Waals surface area contributed by atoms with Gasteiger partial charge < -0.3 is 28.7 Å². The number of thioether (sulfide) groups is 2. The number of thiocarbonyl (C=S) groups is 2. The Morgan fingerprint density at radius 2 is 1.47 bits per heavy atom. The lowest BCUT2D eigenvalue weighted by molar-refractivity contribution is -0.163. The minimum atomic E-state index is -1.61. The molecule has 13 heteroatoms. The highest BCUT2D eigenvalue weighted by atomic mass is 32.2. The van der Waals surface area contributed by atoms with E-state index < -0.39 is 33.0 Å². The molecule has 4 atom stereocenters. The number of ether oxygens (including phenoxy) is 4. The number of likely N-dealkylation sites (N-methyl/N-ethyl adjacent to an activating group) is 1. The van der Waals surface area contributed by atoms with E-state index in [0.29, 0.717) is 28.6 Å². The average molecular weight is 678 g/mol. The van der Waals surface area contributed by atoms with Crippen LogP contribution in [0.4, 0.5) is 0 Å². The minimum absolute atomic E-state index is 0.0147. The van der Waals surface area contributed by atoms with Crippen LogP contribution < -0.4 is 18.9 Å². The first-order valence-corrected chi connectivity index (χ1v) is 16.3. The highest BCUT2D eigenvalue weighted by Gasteiger charge is 2.72. The van der Waals surface area contributed by atoms with Gasteiger partial charge in [-0.3, -0.25) is 9.59 Å². The van der Waals surface area contributed by atoms with Gasteiger partial charge >= 0.3 is 0 Å². The van der Waals surface area contributed by atoms with E-state index in [1.165, 1.54) is 9.80 Å². The Balaban J connectivity index is 1.44. The molecule has 2 amide bonds. The number of nitrogens with zero attached hydrogens (tertiary/aromatic N) is 3. The molecule has 0 aromatic heterocycles. The Morgan fingerprint density at radius 1 is 0.889 bits per heavy atom. The first-order chi connectivity index (χ1) is 21.5. The summed E-state index contributed by atoms with van der Waals surface area (Å²) in [6.45, 7) is 3.44. The molecule has 0 bridgehead atoms. The van der Waals surface area contributed by atoms with Gasteiger partial charge in [0.05, 0.1) is 17.5 Å². The van der Waals surface area contributed by atoms with Crippen LogP contribution in [0.25, 0.3) is 0 Å². The molecule has 2 fully saturated rings. The molecule has 3 aromatic carbocycles. The van der Waals surface area contributed by atoms with Crippen LogP contribution in [0, 0.1) is 16.7 Å². The summed E-state index contributed by atoms with van der Waals surface area (Å²) in [5, 5.41) is 10.7. The van der Waals surface area contributed by atoms with Crippen molar-refractivity contribution in [3.8, 4) is 29.1 Å². The van der Waals surface area contributed by atoms with Crippen molar-refractivity contribution in [3.63, 3.8) is 0 Å². The van der Waals surface area contributed by atoms with E-state index in [-0.39, 0.29) is 22.0 Å². The van der Waals surface area contributed by atoms with Crippen LogP contribution in [0.15, 0.2) is 78.9 Å². The molecule has 230 valence electrons. The highest BCUT2D eigenvalue weighted by molar-refractivity contribution is 8.24. The van der Waals surface area contributed by atoms with Crippen LogP contribution in [0.2, 0.25) is 0 Å². The molecule has 3 aromatic rings. The Hall–Kier alpha value is -3.83. The van der Waals surface area contributed by atoms with Crippen molar-refractivity contribution >= 4 is 68.5 Å². The van der Waals surface area contributed by atoms with Crippen molar-refractivity contribution in [1.29, 1.82) is 5.26 Å². The number of fused-ring (bicyclic) bond motifs is 2. The van der Waals surface area contributed by atoms with Gasteiger partial charge in [-0.15, -0.1) is 0 Å². The maximum Gasteiger partial charge on any atom is 0.261 e. The van der Waals surface area contributed by atoms with E-state index in [2.05, 4.69) is 6.07 Å². The van der Waals surface area contributed by atoms with Crippen LogP contribution in [0.1, 0.15) is 31.9 Å². The molecule has 3 aliphatic rings. The summed E-state index contributed by atoms with van der Waals surface area (Å²) in [5.41, 5.74) is -0.603. The van der Waals surface area contributed by atoms with Gasteiger partial charge in [-0.1, -0.05) is 42.5 Å². The van der Waals surface area contributed by atoms with Crippen LogP contribution in [-0.4, -0.2) is 54.0 Å². The molecule has 0 N–H and O–H groups in total. The summed E-state index contributed by atoms with van der Waals surface area (Å²) in [4.78, 5) is 29.4. The summed E-state index contributed by atoms with van der Waals surface area (Å²) in [6.07, 6.45) is -0.0147. The van der Waals surface area contributed by atoms with Crippen molar-refractivity contribution < 1.29 is 28.5 Å². The van der Waals surface area contributed by atoms with Gasteiger partial charge in [-0.05, 0) is 104 Å². The van der Waals surface area contributed by atoms with Crippen molar-refractivity contribution in [3.05, 3.63) is 84.4 Å². The van der Waals surface area contributed by atoms with E-state index in [1.54, 1.807) is 87.6 Å². The standard InChI is InChI=1S/C32H27N3O6S4/c1-30(18-33)17-32(45-29(43)41-22-12-8-5-9-13-22)27(37)34(3)31(2,44-28(42)40-21-10-6-4-7-11-21)26(36)35(32)25(30)20-14-15-23-24(16-20)39-19-38-23/h4-16,25H,17,19H2,1-3H3/t25-,30+,31-,32?/m0/s1. The predicted octanol–water partition coefficient (Wildman–Crippen LogP) is 6.30. The van der Waals surface area contributed by atoms with Crippen LogP contribution >= 0.6 is 48.0 Å². The number of carbonyl (C=O) groups is 2. The normalized spacial score (nSPS) is 26.7. The minimum Gasteiger partial charge on any atom is -0.454 e. The fraction of sp³-hybridized carbons (Fsp3) is 0.281. The zero-order valence-corrected chi connectivity index (χ0v) is 27.7. The van der Waals surface area contributed by atoms with Crippen molar-refractivity contribution in [2.75, 3.05) is 13.8 Å². The smallest absolute Gasteiger partial charge is 0.261 e. The van der Waals surface area contributed by atoms with Crippen LogP contribution in [0.5, 0.6) is 23.0 Å². The zero-order chi connectivity index (χ0) is 32.0. The Kier molecular flexibility index (Phi) is 8.19. The topological polar surface area (TPSA) is 101 Å². The molecule has 45 heavy (non-hydrogen) atoms. The third kappa shape index (κ3) is 5.39. The molecule has 1 unspecified atom stereocenters. The van der Waals surface area contributed by atoms with E-state index in [9.17, 15) is 14.9 Å². The fourth-order valence-electron chi connectivity index (χ4n) is 5.91. The average Bonchev–Trinajstić information content (AvgIpc) is 3.60. The van der Waals surface area contributed by atoms with Gasteiger partial charge in [-0.2, -0.15) is 5.26 Å². The van der Waals surface area contributed by atoms with Gasteiger partial charge in [0.25, 0.3) is 11.8 Å². The number of hydrogen-bond donors (Lipinski definition) is 0. The van der Waals surface area contributed by atoms with Gasteiger partial charge in [0, 0.05) is 13.5 Å². The van der Waals surface area contributed by atoms with Crippen LogP contribution in [-0.2, 0) is 9.59 Å². The number of para-hydroxylation sites is 2. The molecule has 2 saturated heterocycles. The molecule has 0 aliphatic carbocycles. The van der Waals surface area contributed by atoms with Gasteiger partial charge in [0.1, 0.15) is 11.5 Å². The largest absolute Gasteiger partial charge is 0.454 e. The number of amides is 2. The number of hydrogen-bond acceptors (Lipinski definition) is 11. The summed E-state index contributed by atoms with van der Waals surface area (Å²) in [7, 11) is 1.55. The van der Waals surface area contributed by atoms with E-state index in [1.807, 2.05) is 12.1 Å². The highest BCUT2D eigenvalue weighted by Crippen LogP contribution is 2.63. The fourth-order valence-corrected chi connectivity index (χ4v) is 9.17. The lowest BCUT2D eigenvalue weighted by atomic mass is 9.79. The molecule has 3 heterocycles. The summed E-state index contributed by atoms with van der Waals surface area (Å²) < 4.78 is 23.0. The Bertz CT molecular complexity index is 1740. The van der Waals surface area contributed by atoms with E-state index in [4.69, 9.17) is 43.4 Å². The monoisotopic (exact) mass is 677 g/mol. The first-order valence-electron chi connectivity index (χ1n) is 13.9. The number of rotatable bonds is 5. The second-order valence-corrected chi connectivity index (χ2v) is 14.9. The molecular weight excluding hydrogens is 651 g/mol. The Morgan fingerprint density at radius 3 is 2.07 bits per heavy atom. The summed E-state index contributed by atoms with van der Waals surface area (Å²) in [5.74, 6) is 1.17. The molecule has 9 nitrogen and oxygen atoms in total. The number of piperazine rings is 1. The van der Waals surface area contributed by atoms with Gasteiger partial charge in [-0.25, -0.2) is 0 Å². The summed E-state index contributed by atoms with van der Waals surface area (Å²) >= 11 is 13.1. The second kappa shape index (κ2) is 11.8. The zero-order valence-electron chi connectivity index (χ0n) is 24.4. The maximum absolute atomic E-state index is 15.0. The molecule has 0 radical (unpaired) electrons. The molecular formula is C32H27N3O6S4. The quantitative estimate of drug-likeness (QED) is 0.285. The molecule has 6 rings (SSSR count). The molecule has 0 saturated carbocycles. The number of benzene rings is 3. The maximum atomic E-state index is 15.0. The lowest BCUT2D eigenvalue weighted by Crippen LogP contribution is -2.71. The number of carbonyl (C=O) groups excluding carboxylic acids is 2.